The second-order valence-corrected chi connectivity index (χ2v) is 6.44. The summed E-state index contributed by atoms with van der Waals surface area (Å²) in [5, 5.41) is 12.0. The van der Waals surface area contributed by atoms with Crippen molar-refractivity contribution in [3.05, 3.63) is 28.2 Å². The fourth-order valence-electron chi connectivity index (χ4n) is 1.80. The number of aliphatic hydroxyl groups is 1. The first-order valence-electron chi connectivity index (χ1n) is 6.62. The maximum absolute atomic E-state index is 12.1. The summed E-state index contributed by atoms with van der Waals surface area (Å²) < 4.78 is 6.07. The Kier molecular flexibility index (Phi) is 6.49. The monoisotopic (exact) mass is 343 g/mol. The number of benzene rings is 1. The van der Waals surface area contributed by atoms with Crippen LogP contribution >= 0.6 is 15.9 Å². The highest BCUT2D eigenvalue weighted by Gasteiger charge is 2.16. The van der Waals surface area contributed by atoms with Gasteiger partial charge in [0.15, 0.2) is 0 Å². The van der Waals surface area contributed by atoms with Crippen LogP contribution in [-0.2, 0) is 0 Å². The molecular weight excluding hydrogens is 322 g/mol. The summed E-state index contributed by atoms with van der Waals surface area (Å²) in [6.45, 7) is 4.75. The molecule has 20 heavy (non-hydrogen) atoms. The average molecular weight is 344 g/mol. The molecule has 1 aromatic rings. The van der Waals surface area contributed by atoms with Crippen LogP contribution in [0.2, 0.25) is 0 Å². The molecule has 4 nitrogen and oxygen atoms in total. The second kappa shape index (κ2) is 7.64. The molecule has 0 unspecified atom stereocenters. The molecule has 0 aliphatic rings. The Bertz CT molecular complexity index is 460. The lowest BCUT2D eigenvalue weighted by Gasteiger charge is -2.21. The number of nitrogens with one attached hydrogen (secondary N) is 1. The zero-order valence-corrected chi connectivity index (χ0v) is 13.8. The molecule has 0 heterocycles. The lowest BCUT2D eigenvalue weighted by Crippen LogP contribution is -2.26. The minimum absolute atomic E-state index is 0.0972. The third kappa shape index (κ3) is 5.13. The van der Waals surface area contributed by atoms with Crippen molar-refractivity contribution in [2.45, 2.75) is 26.7 Å². The first kappa shape index (κ1) is 17.0. The number of amides is 1. The Morgan fingerprint density at radius 1 is 1.45 bits per heavy atom. The van der Waals surface area contributed by atoms with Crippen LogP contribution in [-0.4, -0.2) is 31.3 Å². The van der Waals surface area contributed by atoms with Gasteiger partial charge in [0.1, 0.15) is 5.75 Å². The first-order chi connectivity index (χ1) is 9.39. The van der Waals surface area contributed by atoms with Gasteiger partial charge in [-0.1, -0.05) is 29.8 Å². The molecule has 0 saturated carbocycles. The van der Waals surface area contributed by atoms with Crippen molar-refractivity contribution in [3.8, 4) is 5.75 Å². The Morgan fingerprint density at radius 2 is 2.15 bits per heavy atom. The minimum atomic E-state index is -0.142. The van der Waals surface area contributed by atoms with Crippen molar-refractivity contribution in [2.24, 2.45) is 5.41 Å². The highest BCUT2D eigenvalue weighted by atomic mass is 79.9. The van der Waals surface area contributed by atoms with Crippen LogP contribution in [0.4, 0.5) is 0 Å². The molecular formula is C15H22BrNO3. The number of carbonyl (C=O) groups is 1. The van der Waals surface area contributed by atoms with Crippen LogP contribution < -0.4 is 10.1 Å². The highest BCUT2D eigenvalue weighted by Crippen LogP contribution is 2.23. The number of hydrogen-bond acceptors (Lipinski definition) is 3. The molecule has 0 spiro atoms. The topological polar surface area (TPSA) is 58.6 Å². The number of hydrogen-bond donors (Lipinski definition) is 2. The van der Waals surface area contributed by atoms with Gasteiger partial charge >= 0.3 is 0 Å². The van der Waals surface area contributed by atoms with Crippen molar-refractivity contribution in [3.63, 3.8) is 0 Å². The van der Waals surface area contributed by atoms with Gasteiger partial charge in [0, 0.05) is 17.6 Å². The summed E-state index contributed by atoms with van der Waals surface area (Å²) in [6, 6.07) is 5.31. The van der Waals surface area contributed by atoms with E-state index in [-0.39, 0.29) is 17.9 Å². The van der Waals surface area contributed by atoms with Crippen LogP contribution in [0.25, 0.3) is 0 Å². The second-order valence-electron chi connectivity index (χ2n) is 5.53. The van der Waals surface area contributed by atoms with E-state index in [4.69, 9.17) is 9.84 Å². The molecule has 0 radical (unpaired) electrons. The van der Waals surface area contributed by atoms with Crippen molar-refractivity contribution in [1.29, 1.82) is 0 Å². The fraction of sp³-hybridized carbons (Fsp3) is 0.533. The predicted molar refractivity (Wildman–Crippen MR) is 83.1 cm³/mol. The third-order valence-corrected chi connectivity index (χ3v) is 3.65. The van der Waals surface area contributed by atoms with Crippen LogP contribution in [0.5, 0.6) is 5.75 Å². The molecule has 5 heteroatoms. The van der Waals surface area contributed by atoms with Gasteiger partial charge in [0.25, 0.3) is 5.91 Å². The molecule has 1 amide bonds. The number of carbonyl (C=O) groups excluding carboxylic acids is 1. The Hall–Kier alpha value is -1.07. The smallest absolute Gasteiger partial charge is 0.255 e. The number of ether oxygens (including phenoxy) is 1. The Morgan fingerprint density at radius 3 is 2.75 bits per heavy atom. The maximum atomic E-state index is 12.1. The van der Waals surface area contributed by atoms with Gasteiger partial charge in [-0.3, -0.25) is 4.79 Å². The molecule has 0 atom stereocenters. The van der Waals surface area contributed by atoms with Crippen molar-refractivity contribution < 1.29 is 14.6 Å². The number of rotatable bonds is 7. The van der Waals surface area contributed by atoms with Crippen LogP contribution in [0, 0.1) is 5.41 Å². The van der Waals surface area contributed by atoms with Crippen molar-refractivity contribution in [1.82, 2.24) is 5.32 Å². The molecule has 2 N–H and O–H groups in total. The van der Waals surface area contributed by atoms with Crippen molar-refractivity contribution >= 4 is 21.8 Å². The zero-order chi connectivity index (χ0) is 15.2. The summed E-state index contributed by atoms with van der Waals surface area (Å²) in [5.74, 6) is 0.406. The van der Waals surface area contributed by atoms with Gasteiger partial charge in [0.2, 0.25) is 0 Å². The summed E-state index contributed by atoms with van der Waals surface area (Å²) in [6.07, 6.45) is 1.69. The van der Waals surface area contributed by atoms with E-state index in [2.05, 4.69) is 21.2 Å². The van der Waals surface area contributed by atoms with Gasteiger partial charge < -0.3 is 15.2 Å². The largest absolute Gasteiger partial charge is 0.496 e. The minimum Gasteiger partial charge on any atom is -0.496 e. The van der Waals surface area contributed by atoms with E-state index < -0.39 is 0 Å². The molecule has 0 aliphatic heterocycles. The predicted octanol–water partition coefficient (Wildman–Crippen LogP) is 2.99. The van der Waals surface area contributed by atoms with E-state index in [1.54, 1.807) is 19.2 Å². The van der Waals surface area contributed by atoms with Gasteiger partial charge in [-0.15, -0.1) is 0 Å². The van der Waals surface area contributed by atoms with Gasteiger partial charge in [-0.25, -0.2) is 0 Å². The van der Waals surface area contributed by atoms with Crippen LogP contribution in [0.3, 0.4) is 0 Å². The van der Waals surface area contributed by atoms with E-state index in [0.717, 1.165) is 17.3 Å². The molecule has 0 bridgehead atoms. The number of methoxy groups -OCH3 is 1. The lowest BCUT2D eigenvalue weighted by molar-refractivity contribution is 0.0945. The van der Waals surface area contributed by atoms with Gasteiger partial charge in [-0.2, -0.15) is 0 Å². The fourth-order valence-corrected chi connectivity index (χ4v) is 2.14. The van der Waals surface area contributed by atoms with E-state index >= 15 is 0 Å². The summed E-state index contributed by atoms with van der Waals surface area (Å²) in [4.78, 5) is 12.1. The molecule has 1 rings (SSSR count). The van der Waals surface area contributed by atoms with E-state index in [1.807, 2.05) is 19.9 Å². The normalized spacial score (nSPS) is 11.2. The van der Waals surface area contributed by atoms with Gasteiger partial charge in [0.05, 0.1) is 12.7 Å². The number of halogens is 1. The standard InChI is InChI=1S/C15H22BrNO3/c1-15(2,10-18)7-4-8-17-14(19)12-6-5-11(16)9-13(12)20-3/h5-6,9,18H,4,7-8,10H2,1-3H3,(H,17,19). The number of aliphatic hydroxyl groups excluding tert-OH is 1. The quantitative estimate of drug-likeness (QED) is 0.748. The van der Waals surface area contributed by atoms with Crippen LogP contribution in [0.1, 0.15) is 37.0 Å². The molecule has 1 aromatic carbocycles. The Labute approximate surface area is 128 Å². The maximum Gasteiger partial charge on any atom is 0.255 e. The van der Waals surface area contributed by atoms with Gasteiger partial charge in [-0.05, 0) is 36.5 Å². The van der Waals surface area contributed by atoms with E-state index in [9.17, 15) is 4.79 Å². The third-order valence-electron chi connectivity index (χ3n) is 3.15. The molecule has 0 fully saturated rings. The van der Waals surface area contributed by atoms with Crippen LogP contribution in [0.15, 0.2) is 22.7 Å². The molecule has 112 valence electrons. The SMILES string of the molecule is COc1cc(Br)ccc1C(=O)NCCCC(C)(C)CO. The lowest BCUT2D eigenvalue weighted by atomic mass is 9.89. The summed E-state index contributed by atoms with van der Waals surface area (Å²) in [7, 11) is 1.54. The highest BCUT2D eigenvalue weighted by molar-refractivity contribution is 9.10. The summed E-state index contributed by atoms with van der Waals surface area (Å²) in [5.41, 5.74) is 0.428. The average Bonchev–Trinajstić information content (AvgIpc) is 2.43. The molecule has 0 aliphatic carbocycles. The zero-order valence-electron chi connectivity index (χ0n) is 12.2. The Balaban J connectivity index is 2.51. The summed E-state index contributed by atoms with van der Waals surface area (Å²) >= 11 is 3.34. The molecule has 0 saturated heterocycles. The van der Waals surface area contributed by atoms with E-state index in [0.29, 0.717) is 17.9 Å². The van der Waals surface area contributed by atoms with Crippen molar-refractivity contribution in [2.75, 3.05) is 20.3 Å². The van der Waals surface area contributed by atoms with E-state index in [1.165, 1.54) is 0 Å². The first-order valence-corrected chi connectivity index (χ1v) is 7.41. The molecule has 0 aromatic heterocycles.